The lowest BCUT2D eigenvalue weighted by molar-refractivity contribution is 0.0694. The van der Waals surface area contributed by atoms with Gasteiger partial charge in [0.2, 0.25) is 0 Å². The van der Waals surface area contributed by atoms with Crippen molar-refractivity contribution in [2.24, 2.45) is 0 Å². The van der Waals surface area contributed by atoms with Crippen molar-refractivity contribution in [2.45, 2.75) is 24.8 Å². The van der Waals surface area contributed by atoms with Gasteiger partial charge in [-0.3, -0.25) is 4.79 Å². The predicted octanol–water partition coefficient (Wildman–Crippen LogP) is 2.13. The number of carbonyl (C=O) groups excluding carboxylic acids is 1. The second kappa shape index (κ2) is 6.55. The van der Waals surface area contributed by atoms with Crippen LogP contribution in [0.4, 0.5) is 0 Å². The van der Waals surface area contributed by atoms with Gasteiger partial charge in [0.25, 0.3) is 5.91 Å². The molecular formula is C12H17NO2S. The Morgan fingerprint density at radius 3 is 2.81 bits per heavy atom. The fourth-order valence-corrected chi connectivity index (χ4v) is 1.60. The van der Waals surface area contributed by atoms with Crippen LogP contribution in [0.5, 0.6) is 0 Å². The van der Waals surface area contributed by atoms with Crippen molar-refractivity contribution in [3.05, 3.63) is 29.8 Å². The standard InChI is InChI=1S/C12H17NO2S/c1-3-15-9(2)8-13-12(14)10-6-4-5-7-11(10)16/h4-7,9,16H,3,8H2,1-2H3,(H,13,14). The van der Waals surface area contributed by atoms with E-state index >= 15 is 0 Å². The number of benzene rings is 1. The Bertz CT molecular complexity index is 355. The molecule has 1 rings (SSSR count). The quantitative estimate of drug-likeness (QED) is 0.773. The number of ether oxygens (including phenoxy) is 1. The molecule has 0 heterocycles. The van der Waals surface area contributed by atoms with Gasteiger partial charge in [-0.2, -0.15) is 0 Å². The van der Waals surface area contributed by atoms with E-state index in [9.17, 15) is 4.79 Å². The Morgan fingerprint density at radius 1 is 1.50 bits per heavy atom. The average molecular weight is 239 g/mol. The molecule has 1 amide bonds. The van der Waals surface area contributed by atoms with Gasteiger partial charge >= 0.3 is 0 Å². The van der Waals surface area contributed by atoms with Crippen molar-refractivity contribution in [1.29, 1.82) is 0 Å². The van der Waals surface area contributed by atoms with Gasteiger partial charge in [-0.25, -0.2) is 0 Å². The van der Waals surface area contributed by atoms with E-state index in [0.717, 1.165) is 0 Å². The van der Waals surface area contributed by atoms with Crippen LogP contribution in [0, 0.1) is 0 Å². The Morgan fingerprint density at radius 2 is 2.19 bits per heavy atom. The first-order valence-electron chi connectivity index (χ1n) is 5.33. The number of carbonyl (C=O) groups is 1. The molecule has 0 saturated heterocycles. The Balaban J connectivity index is 2.50. The second-order valence-corrected chi connectivity index (χ2v) is 3.97. The first-order chi connectivity index (χ1) is 7.65. The minimum absolute atomic E-state index is 0.0287. The molecule has 1 atom stereocenters. The lowest BCUT2D eigenvalue weighted by Crippen LogP contribution is -2.32. The molecule has 0 aliphatic heterocycles. The van der Waals surface area contributed by atoms with Crippen LogP contribution in [0.25, 0.3) is 0 Å². The number of hydrogen-bond acceptors (Lipinski definition) is 3. The molecule has 1 unspecified atom stereocenters. The zero-order valence-electron chi connectivity index (χ0n) is 9.56. The molecule has 0 fully saturated rings. The van der Waals surface area contributed by atoms with Crippen molar-refractivity contribution < 1.29 is 9.53 Å². The molecule has 0 bridgehead atoms. The van der Waals surface area contributed by atoms with Gasteiger partial charge in [0.1, 0.15) is 0 Å². The summed E-state index contributed by atoms with van der Waals surface area (Å²) in [5.41, 5.74) is 0.592. The second-order valence-electron chi connectivity index (χ2n) is 3.49. The fraction of sp³-hybridized carbons (Fsp3) is 0.417. The average Bonchev–Trinajstić information content (AvgIpc) is 2.27. The van der Waals surface area contributed by atoms with Crippen LogP contribution in [0.15, 0.2) is 29.2 Å². The molecule has 3 nitrogen and oxygen atoms in total. The first-order valence-corrected chi connectivity index (χ1v) is 5.77. The van der Waals surface area contributed by atoms with Crippen LogP contribution in [0.1, 0.15) is 24.2 Å². The van der Waals surface area contributed by atoms with E-state index in [0.29, 0.717) is 23.6 Å². The molecule has 1 N–H and O–H groups in total. The molecule has 0 aliphatic rings. The van der Waals surface area contributed by atoms with Crippen LogP contribution in [0.3, 0.4) is 0 Å². The van der Waals surface area contributed by atoms with Crippen LogP contribution in [-0.2, 0) is 4.74 Å². The summed E-state index contributed by atoms with van der Waals surface area (Å²) in [5, 5.41) is 2.81. The molecule has 0 aromatic heterocycles. The minimum Gasteiger partial charge on any atom is -0.377 e. The van der Waals surface area contributed by atoms with E-state index in [1.807, 2.05) is 26.0 Å². The monoisotopic (exact) mass is 239 g/mol. The molecule has 1 aromatic carbocycles. The van der Waals surface area contributed by atoms with Crippen molar-refractivity contribution >= 4 is 18.5 Å². The smallest absolute Gasteiger partial charge is 0.252 e. The van der Waals surface area contributed by atoms with Crippen molar-refractivity contribution in [2.75, 3.05) is 13.2 Å². The van der Waals surface area contributed by atoms with Crippen molar-refractivity contribution in [1.82, 2.24) is 5.32 Å². The van der Waals surface area contributed by atoms with Gasteiger partial charge < -0.3 is 10.1 Å². The third-order valence-electron chi connectivity index (χ3n) is 2.15. The molecule has 0 spiro atoms. The normalized spacial score (nSPS) is 12.2. The number of thiol groups is 1. The molecule has 0 aliphatic carbocycles. The summed E-state index contributed by atoms with van der Waals surface area (Å²) in [4.78, 5) is 12.4. The largest absolute Gasteiger partial charge is 0.377 e. The highest BCUT2D eigenvalue weighted by molar-refractivity contribution is 7.80. The lowest BCUT2D eigenvalue weighted by atomic mass is 10.2. The molecule has 16 heavy (non-hydrogen) atoms. The van der Waals surface area contributed by atoms with Gasteiger partial charge in [-0.15, -0.1) is 12.6 Å². The molecule has 88 valence electrons. The van der Waals surface area contributed by atoms with Gasteiger partial charge in [0.15, 0.2) is 0 Å². The lowest BCUT2D eigenvalue weighted by Gasteiger charge is -2.13. The maximum atomic E-state index is 11.8. The summed E-state index contributed by atoms with van der Waals surface area (Å²) in [7, 11) is 0. The van der Waals surface area contributed by atoms with Gasteiger partial charge in [-0.05, 0) is 26.0 Å². The van der Waals surface area contributed by atoms with E-state index in [4.69, 9.17) is 4.74 Å². The summed E-state index contributed by atoms with van der Waals surface area (Å²) in [6.45, 7) is 5.02. The van der Waals surface area contributed by atoms with Crippen LogP contribution in [0.2, 0.25) is 0 Å². The number of hydrogen-bond donors (Lipinski definition) is 2. The summed E-state index contributed by atoms with van der Waals surface area (Å²) in [6.07, 6.45) is 0.0287. The third-order valence-corrected chi connectivity index (χ3v) is 2.54. The summed E-state index contributed by atoms with van der Waals surface area (Å²) in [6, 6.07) is 7.22. The zero-order valence-corrected chi connectivity index (χ0v) is 10.5. The zero-order chi connectivity index (χ0) is 12.0. The number of rotatable bonds is 5. The Labute approximate surface area is 102 Å². The molecule has 0 saturated carbocycles. The van der Waals surface area contributed by atoms with E-state index in [2.05, 4.69) is 17.9 Å². The first kappa shape index (κ1) is 13.1. The molecular weight excluding hydrogens is 222 g/mol. The topological polar surface area (TPSA) is 38.3 Å². The maximum Gasteiger partial charge on any atom is 0.252 e. The molecule has 4 heteroatoms. The van der Waals surface area contributed by atoms with Gasteiger partial charge in [0.05, 0.1) is 11.7 Å². The molecule has 1 aromatic rings. The third kappa shape index (κ3) is 3.87. The van der Waals surface area contributed by atoms with E-state index in [1.165, 1.54) is 0 Å². The van der Waals surface area contributed by atoms with E-state index in [1.54, 1.807) is 12.1 Å². The summed E-state index contributed by atoms with van der Waals surface area (Å²) < 4.78 is 5.32. The van der Waals surface area contributed by atoms with E-state index in [-0.39, 0.29) is 12.0 Å². The van der Waals surface area contributed by atoms with Crippen LogP contribution < -0.4 is 5.32 Å². The summed E-state index contributed by atoms with van der Waals surface area (Å²) in [5.74, 6) is -0.114. The highest BCUT2D eigenvalue weighted by Crippen LogP contribution is 2.12. The summed E-state index contributed by atoms with van der Waals surface area (Å²) >= 11 is 4.23. The minimum atomic E-state index is -0.114. The Kier molecular flexibility index (Phi) is 5.35. The maximum absolute atomic E-state index is 11.8. The van der Waals surface area contributed by atoms with Crippen molar-refractivity contribution in [3.63, 3.8) is 0 Å². The van der Waals surface area contributed by atoms with Crippen molar-refractivity contribution in [3.8, 4) is 0 Å². The van der Waals surface area contributed by atoms with E-state index < -0.39 is 0 Å². The van der Waals surface area contributed by atoms with Gasteiger partial charge in [-0.1, -0.05) is 12.1 Å². The predicted molar refractivity (Wildman–Crippen MR) is 67.1 cm³/mol. The van der Waals surface area contributed by atoms with Crippen LogP contribution in [-0.4, -0.2) is 25.2 Å². The highest BCUT2D eigenvalue weighted by Gasteiger charge is 2.09. The molecule has 0 radical (unpaired) electrons. The van der Waals surface area contributed by atoms with Gasteiger partial charge in [0, 0.05) is 18.0 Å². The highest BCUT2D eigenvalue weighted by atomic mass is 32.1. The van der Waals surface area contributed by atoms with Crippen LogP contribution >= 0.6 is 12.6 Å². The SMILES string of the molecule is CCOC(C)CNC(=O)c1ccccc1S. The Hall–Kier alpha value is -1.00. The number of nitrogens with one attached hydrogen (secondary N) is 1. The fourth-order valence-electron chi connectivity index (χ4n) is 1.34. The number of amides is 1.